The second-order valence-electron chi connectivity index (χ2n) is 7.20. The van der Waals surface area contributed by atoms with Gasteiger partial charge < -0.3 is 9.64 Å². The van der Waals surface area contributed by atoms with Gasteiger partial charge in [0.2, 0.25) is 0 Å². The Bertz CT molecular complexity index is 1140. The number of aromatic nitrogens is 2. The zero-order chi connectivity index (χ0) is 22.2. The molecule has 9 heteroatoms. The van der Waals surface area contributed by atoms with Gasteiger partial charge in [0.25, 0.3) is 11.7 Å². The van der Waals surface area contributed by atoms with Gasteiger partial charge in [-0.1, -0.05) is 18.2 Å². The lowest BCUT2D eigenvalue weighted by atomic mass is 10.0. The first kappa shape index (κ1) is 20.6. The van der Waals surface area contributed by atoms with Gasteiger partial charge in [0, 0.05) is 42.0 Å². The maximum atomic E-state index is 12.9. The smallest absolute Gasteiger partial charge is 0.454 e. The van der Waals surface area contributed by atoms with Crippen LogP contribution in [0.3, 0.4) is 0 Å². The predicted molar refractivity (Wildman–Crippen MR) is 106 cm³/mol. The second kappa shape index (κ2) is 7.90. The lowest BCUT2D eigenvalue weighted by Crippen LogP contribution is -2.32. The molecular weight excluding hydrogens is 411 g/mol. The quantitative estimate of drug-likeness (QED) is 0.593. The van der Waals surface area contributed by atoms with Crippen molar-refractivity contribution in [1.29, 1.82) is 0 Å². The van der Waals surface area contributed by atoms with Gasteiger partial charge in [0.15, 0.2) is 0 Å². The van der Waals surface area contributed by atoms with Crippen LogP contribution in [0.1, 0.15) is 26.3 Å². The average Bonchev–Trinajstić information content (AvgIpc) is 3.06. The molecule has 31 heavy (non-hydrogen) atoms. The van der Waals surface area contributed by atoms with E-state index in [1.807, 2.05) is 31.4 Å². The number of Topliss-reactive ketones (excluding diaryl/α,β-unsaturated/α-hetero) is 1. The SMILES string of the molecule is Cn1cc(-c2ccc3c(c2)CN(C(=O)c2ccc(C(=O)C(F)(F)F)cc2)CCO3)cn1. The van der Waals surface area contributed by atoms with E-state index in [1.165, 1.54) is 12.1 Å². The van der Waals surface area contributed by atoms with Crippen LogP contribution in [0.15, 0.2) is 54.9 Å². The van der Waals surface area contributed by atoms with Crippen LogP contribution in [-0.4, -0.2) is 45.7 Å². The van der Waals surface area contributed by atoms with Crippen molar-refractivity contribution in [3.05, 3.63) is 71.5 Å². The monoisotopic (exact) mass is 429 g/mol. The summed E-state index contributed by atoms with van der Waals surface area (Å²) in [5.74, 6) is -1.62. The van der Waals surface area contributed by atoms with E-state index in [2.05, 4.69) is 5.10 Å². The van der Waals surface area contributed by atoms with E-state index in [1.54, 1.807) is 15.8 Å². The maximum Gasteiger partial charge on any atom is 0.454 e. The van der Waals surface area contributed by atoms with Gasteiger partial charge in [-0.25, -0.2) is 0 Å². The van der Waals surface area contributed by atoms with Gasteiger partial charge in [-0.15, -0.1) is 0 Å². The molecule has 1 aromatic heterocycles. The fraction of sp³-hybridized carbons (Fsp3) is 0.227. The number of ketones is 1. The molecule has 0 N–H and O–H groups in total. The normalized spacial score (nSPS) is 13.9. The lowest BCUT2D eigenvalue weighted by Gasteiger charge is -2.20. The van der Waals surface area contributed by atoms with E-state index >= 15 is 0 Å². The predicted octanol–water partition coefficient (Wildman–Crippen LogP) is 3.87. The summed E-state index contributed by atoms with van der Waals surface area (Å²) < 4.78 is 45.2. The lowest BCUT2D eigenvalue weighted by molar-refractivity contribution is -0.0885. The highest BCUT2D eigenvalue weighted by Gasteiger charge is 2.39. The standard InChI is InChI=1S/C22H18F3N3O3/c1-27-12-18(11-26-27)16-6-7-19-17(10-16)13-28(8-9-31-19)21(30)15-4-2-14(3-5-15)20(29)22(23,24)25/h2-7,10-12H,8-9,13H2,1H3. The van der Waals surface area contributed by atoms with Crippen molar-refractivity contribution >= 4 is 11.7 Å². The second-order valence-corrected chi connectivity index (χ2v) is 7.20. The van der Waals surface area contributed by atoms with Crippen LogP contribution in [0, 0.1) is 0 Å². The van der Waals surface area contributed by atoms with E-state index in [0.29, 0.717) is 12.3 Å². The van der Waals surface area contributed by atoms with Crippen LogP contribution in [0.25, 0.3) is 11.1 Å². The number of ether oxygens (including phenoxy) is 1. The van der Waals surface area contributed by atoms with E-state index in [-0.39, 0.29) is 24.6 Å². The van der Waals surface area contributed by atoms with Gasteiger partial charge in [0.1, 0.15) is 12.4 Å². The molecule has 1 amide bonds. The van der Waals surface area contributed by atoms with Crippen molar-refractivity contribution in [3.8, 4) is 16.9 Å². The van der Waals surface area contributed by atoms with Gasteiger partial charge in [0.05, 0.1) is 12.7 Å². The van der Waals surface area contributed by atoms with Crippen molar-refractivity contribution in [2.24, 2.45) is 7.05 Å². The van der Waals surface area contributed by atoms with Crippen molar-refractivity contribution < 1.29 is 27.5 Å². The Morgan fingerprint density at radius 3 is 2.39 bits per heavy atom. The van der Waals surface area contributed by atoms with Crippen LogP contribution in [0.5, 0.6) is 5.75 Å². The maximum absolute atomic E-state index is 12.9. The number of rotatable bonds is 3. The summed E-state index contributed by atoms with van der Waals surface area (Å²) in [6, 6.07) is 10.2. The van der Waals surface area contributed by atoms with Gasteiger partial charge in [-0.05, 0) is 29.8 Å². The minimum absolute atomic E-state index is 0.200. The number of alkyl halides is 3. The fourth-order valence-corrected chi connectivity index (χ4v) is 3.43. The van der Waals surface area contributed by atoms with E-state index in [4.69, 9.17) is 4.74 Å². The highest BCUT2D eigenvalue weighted by Crippen LogP contribution is 2.30. The largest absolute Gasteiger partial charge is 0.491 e. The molecule has 2 heterocycles. The summed E-state index contributed by atoms with van der Waals surface area (Å²) in [6.45, 7) is 0.889. The van der Waals surface area contributed by atoms with Crippen LogP contribution >= 0.6 is 0 Å². The first-order valence-corrected chi connectivity index (χ1v) is 9.48. The minimum Gasteiger partial charge on any atom is -0.491 e. The molecule has 0 spiro atoms. The molecule has 0 bridgehead atoms. The molecule has 0 saturated carbocycles. The molecular formula is C22H18F3N3O3. The summed E-state index contributed by atoms with van der Waals surface area (Å²) in [4.78, 5) is 25.9. The molecule has 160 valence electrons. The first-order valence-electron chi connectivity index (χ1n) is 9.48. The summed E-state index contributed by atoms with van der Waals surface area (Å²) in [5.41, 5.74) is 2.37. The molecule has 1 aliphatic rings. The Balaban J connectivity index is 1.56. The molecule has 0 atom stereocenters. The fourth-order valence-electron chi connectivity index (χ4n) is 3.43. The highest BCUT2D eigenvalue weighted by atomic mass is 19.4. The number of carbonyl (C=O) groups excluding carboxylic acids is 2. The van der Waals surface area contributed by atoms with Crippen LogP contribution in [0.4, 0.5) is 13.2 Å². The zero-order valence-corrected chi connectivity index (χ0v) is 16.5. The number of benzene rings is 2. The molecule has 0 fully saturated rings. The topological polar surface area (TPSA) is 64.4 Å². The first-order chi connectivity index (χ1) is 14.7. The van der Waals surface area contributed by atoms with Crippen molar-refractivity contribution in [3.63, 3.8) is 0 Å². The molecule has 6 nitrogen and oxygen atoms in total. The number of fused-ring (bicyclic) bond motifs is 1. The van der Waals surface area contributed by atoms with E-state index < -0.39 is 17.5 Å². The summed E-state index contributed by atoms with van der Waals surface area (Å²) in [7, 11) is 1.82. The Morgan fingerprint density at radius 1 is 1.03 bits per heavy atom. The summed E-state index contributed by atoms with van der Waals surface area (Å²) in [6.07, 6.45) is -1.33. The average molecular weight is 429 g/mol. The van der Waals surface area contributed by atoms with E-state index in [0.717, 1.165) is 28.8 Å². The molecule has 0 aliphatic carbocycles. The minimum atomic E-state index is -4.96. The zero-order valence-electron chi connectivity index (χ0n) is 16.5. The van der Waals surface area contributed by atoms with Gasteiger partial charge >= 0.3 is 6.18 Å². The number of amides is 1. The highest BCUT2D eigenvalue weighted by molar-refractivity contribution is 6.01. The van der Waals surface area contributed by atoms with Crippen LogP contribution in [-0.2, 0) is 13.6 Å². The van der Waals surface area contributed by atoms with E-state index in [9.17, 15) is 22.8 Å². The Labute approximate surface area is 175 Å². The summed E-state index contributed by atoms with van der Waals surface area (Å²) in [5, 5.41) is 4.17. The molecule has 2 aromatic carbocycles. The molecule has 0 saturated heterocycles. The number of aryl methyl sites for hydroxylation is 1. The van der Waals surface area contributed by atoms with Gasteiger partial charge in [-0.2, -0.15) is 18.3 Å². The third kappa shape index (κ3) is 4.30. The Morgan fingerprint density at radius 2 is 1.74 bits per heavy atom. The molecule has 0 unspecified atom stereocenters. The third-order valence-corrected chi connectivity index (χ3v) is 5.02. The molecule has 1 aliphatic heterocycles. The number of hydrogen-bond donors (Lipinski definition) is 0. The third-order valence-electron chi connectivity index (χ3n) is 5.02. The van der Waals surface area contributed by atoms with Crippen LogP contribution in [0.2, 0.25) is 0 Å². The number of hydrogen-bond acceptors (Lipinski definition) is 4. The Kier molecular flexibility index (Phi) is 5.26. The van der Waals surface area contributed by atoms with Crippen LogP contribution < -0.4 is 4.74 Å². The molecule has 3 aromatic rings. The number of halogens is 3. The number of carbonyl (C=O) groups is 2. The van der Waals surface area contributed by atoms with Crippen molar-refractivity contribution in [2.75, 3.05) is 13.2 Å². The van der Waals surface area contributed by atoms with Crippen molar-refractivity contribution in [2.45, 2.75) is 12.7 Å². The summed E-state index contributed by atoms with van der Waals surface area (Å²) >= 11 is 0. The van der Waals surface area contributed by atoms with Gasteiger partial charge in [-0.3, -0.25) is 14.3 Å². The Hall–Kier alpha value is -3.62. The number of nitrogens with zero attached hydrogens (tertiary/aromatic N) is 3. The molecule has 0 radical (unpaired) electrons. The van der Waals surface area contributed by atoms with Crippen molar-refractivity contribution in [1.82, 2.24) is 14.7 Å². The molecule has 4 rings (SSSR count).